The van der Waals surface area contributed by atoms with Crippen LogP contribution in [0.2, 0.25) is 0 Å². The van der Waals surface area contributed by atoms with E-state index >= 15 is 0 Å². The van der Waals surface area contributed by atoms with Gasteiger partial charge < -0.3 is 10.2 Å². The molecule has 3 aromatic rings. The van der Waals surface area contributed by atoms with Crippen molar-refractivity contribution in [1.82, 2.24) is 0 Å². The monoisotopic (exact) mass is 419 g/mol. The first-order chi connectivity index (χ1) is 14.4. The lowest BCUT2D eigenvalue weighted by Gasteiger charge is -2.27. The Kier molecular flexibility index (Phi) is 4.97. The van der Waals surface area contributed by atoms with Gasteiger partial charge in [-0.25, -0.2) is 4.79 Å². The number of carboxylic acids is 1. The van der Waals surface area contributed by atoms with Crippen molar-refractivity contribution in [3.8, 4) is 0 Å². The summed E-state index contributed by atoms with van der Waals surface area (Å²) in [5.41, 5.74) is 1.84. The molecule has 30 heavy (non-hydrogen) atoms. The van der Waals surface area contributed by atoms with E-state index in [1.807, 2.05) is 25.1 Å². The topological polar surface area (TPSA) is 94.9 Å². The summed E-state index contributed by atoms with van der Waals surface area (Å²) in [7, 11) is 0. The number of hydrogen-bond acceptors (Lipinski definition) is 5. The van der Waals surface area contributed by atoms with Crippen molar-refractivity contribution in [2.45, 2.75) is 13.0 Å². The van der Waals surface area contributed by atoms with Crippen LogP contribution in [0.25, 0.3) is 0 Å². The highest BCUT2D eigenvalue weighted by Crippen LogP contribution is 2.42. The van der Waals surface area contributed by atoms with E-state index in [1.54, 1.807) is 29.6 Å². The molecule has 0 aliphatic carbocycles. The van der Waals surface area contributed by atoms with Gasteiger partial charge in [-0.15, -0.1) is 11.3 Å². The summed E-state index contributed by atoms with van der Waals surface area (Å²) in [5, 5.41) is 21.8. The zero-order valence-corrected chi connectivity index (χ0v) is 16.7. The second kappa shape index (κ2) is 7.61. The average Bonchev–Trinajstić information content (AvgIpc) is 3.35. The second-order valence-corrected chi connectivity index (χ2v) is 7.86. The molecule has 1 amide bonds. The van der Waals surface area contributed by atoms with Crippen molar-refractivity contribution < 1.29 is 24.6 Å². The molecule has 1 unspecified atom stereocenters. The summed E-state index contributed by atoms with van der Waals surface area (Å²) in [6, 6.07) is 15.7. The third kappa shape index (κ3) is 3.29. The predicted molar refractivity (Wildman–Crippen MR) is 113 cm³/mol. The van der Waals surface area contributed by atoms with Crippen molar-refractivity contribution in [2.24, 2.45) is 0 Å². The number of aryl methyl sites for hydroxylation is 1. The highest BCUT2D eigenvalue weighted by Gasteiger charge is 2.45. The van der Waals surface area contributed by atoms with Crippen molar-refractivity contribution in [1.29, 1.82) is 0 Å². The Bertz CT molecular complexity index is 1200. The van der Waals surface area contributed by atoms with Gasteiger partial charge in [0.05, 0.1) is 22.1 Å². The number of hydrogen-bond donors (Lipinski definition) is 2. The van der Waals surface area contributed by atoms with Crippen LogP contribution in [0.1, 0.15) is 37.2 Å². The minimum Gasteiger partial charge on any atom is -0.503 e. The molecule has 2 heterocycles. The Balaban J connectivity index is 1.90. The van der Waals surface area contributed by atoms with E-state index in [4.69, 9.17) is 0 Å². The number of aliphatic hydroxyl groups excluding tert-OH is 1. The van der Waals surface area contributed by atoms with Crippen LogP contribution in [0.3, 0.4) is 0 Å². The minimum atomic E-state index is -1.14. The molecule has 0 saturated carbocycles. The quantitative estimate of drug-likeness (QED) is 0.592. The fourth-order valence-electron chi connectivity index (χ4n) is 3.59. The van der Waals surface area contributed by atoms with Crippen LogP contribution < -0.4 is 4.90 Å². The van der Waals surface area contributed by atoms with Gasteiger partial charge in [-0.05, 0) is 42.1 Å². The van der Waals surface area contributed by atoms with Gasteiger partial charge in [0.1, 0.15) is 0 Å². The lowest BCUT2D eigenvalue weighted by atomic mass is 9.94. The number of carbonyl (C=O) groups is 3. The maximum Gasteiger partial charge on any atom is 0.335 e. The molecule has 6 nitrogen and oxygen atoms in total. The summed E-state index contributed by atoms with van der Waals surface area (Å²) in [5.74, 6) is -2.94. The molecule has 1 atom stereocenters. The third-order valence-electron chi connectivity index (χ3n) is 4.93. The molecule has 1 aromatic heterocycles. The number of aromatic carboxylic acids is 1. The molecule has 2 N–H and O–H groups in total. The van der Waals surface area contributed by atoms with Crippen molar-refractivity contribution in [3.05, 3.63) is 98.9 Å². The van der Waals surface area contributed by atoms with E-state index in [2.05, 4.69) is 0 Å². The van der Waals surface area contributed by atoms with E-state index in [-0.39, 0.29) is 16.8 Å². The summed E-state index contributed by atoms with van der Waals surface area (Å²) < 4.78 is 0. The number of rotatable bonds is 5. The first-order valence-corrected chi connectivity index (χ1v) is 10.0. The van der Waals surface area contributed by atoms with Crippen LogP contribution in [-0.4, -0.2) is 27.9 Å². The van der Waals surface area contributed by atoms with E-state index in [0.29, 0.717) is 10.4 Å². The Morgan fingerprint density at radius 2 is 1.80 bits per heavy atom. The van der Waals surface area contributed by atoms with Crippen LogP contribution in [-0.2, 0) is 4.79 Å². The fraction of sp³-hybridized carbons (Fsp3) is 0.0870. The maximum absolute atomic E-state index is 13.2. The molecule has 2 aromatic carbocycles. The van der Waals surface area contributed by atoms with Crippen molar-refractivity contribution in [3.63, 3.8) is 0 Å². The molecule has 0 fully saturated rings. The molecular weight excluding hydrogens is 402 g/mol. The molecule has 4 rings (SSSR count). The Morgan fingerprint density at radius 3 is 2.47 bits per heavy atom. The zero-order chi connectivity index (χ0) is 21.4. The van der Waals surface area contributed by atoms with E-state index in [0.717, 1.165) is 5.56 Å². The molecule has 0 saturated heterocycles. The third-order valence-corrected chi connectivity index (χ3v) is 5.80. The van der Waals surface area contributed by atoms with Gasteiger partial charge in [-0.2, -0.15) is 0 Å². The number of anilines is 1. The largest absolute Gasteiger partial charge is 0.503 e. The molecule has 1 aliphatic rings. The van der Waals surface area contributed by atoms with Crippen LogP contribution in [0, 0.1) is 6.92 Å². The van der Waals surface area contributed by atoms with Crippen molar-refractivity contribution in [2.75, 3.05) is 4.90 Å². The average molecular weight is 419 g/mol. The first-order valence-electron chi connectivity index (χ1n) is 9.13. The molecule has 0 spiro atoms. The molecule has 0 radical (unpaired) electrons. The van der Waals surface area contributed by atoms with Gasteiger partial charge >= 0.3 is 5.97 Å². The Morgan fingerprint density at radius 1 is 1.03 bits per heavy atom. The Labute approximate surface area is 176 Å². The number of nitrogens with zero attached hydrogens (tertiary/aromatic N) is 1. The summed E-state index contributed by atoms with van der Waals surface area (Å²) in [6.07, 6.45) is 0. The number of carboxylic acid groups (broad SMARTS) is 1. The lowest BCUT2D eigenvalue weighted by Crippen LogP contribution is -2.31. The molecule has 150 valence electrons. The maximum atomic E-state index is 13.2. The van der Waals surface area contributed by atoms with Crippen molar-refractivity contribution >= 4 is 34.7 Å². The molecule has 7 heteroatoms. The molecular formula is C23H17NO5S. The van der Waals surface area contributed by atoms with Gasteiger partial charge in [-0.1, -0.05) is 42.0 Å². The first kappa shape index (κ1) is 19.6. The zero-order valence-electron chi connectivity index (χ0n) is 15.9. The minimum absolute atomic E-state index is 0.000755. The van der Waals surface area contributed by atoms with E-state index < -0.39 is 29.5 Å². The normalized spacial score (nSPS) is 16.2. The predicted octanol–water partition coefficient (Wildman–Crippen LogP) is 4.54. The van der Waals surface area contributed by atoms with Crippen LogP contribution in [0.15, 0.2) is 77.4 Å². The van der Waals surface area contributed by atoms with Gasteiger partial charge in [0, 0.05) is 5.69 Å². The number of ketones is 1. The standard InChI is InChI=1S/C23H17NO5S/c1-13-5-2-6-14(11-13)19-18(20(25)17-9-4-10-30-17)21(26)22(27)24(19)16-8-3-7-15(12-16)23(28)29/h2-12,19,26H,1H3,(H,28,29). The number of thiophene rings is 1. The SMILES string of the molecule is Cc1cccc(C2C(C(=O)c3cccs3)=C(O)C(=O)N2c2cccc(C(=O)O)c2)c1. The number of amides is 1. The van der Waals surface area contributed by atoms with Gasteiger partial charge in [0.25, 0.3) is 5.91 Å². The van der Waals surface area contributed by atoms with E-state index in [1.165, 1.54) is 34.4 Å². The summed E-state index contributed by atoms with van der Waals surface area (Å²) >= 11 is 1.22. The Hall–Kier alpha value is -3.71. The molecule has 0 bridgehead atoms. The number of benzene rings is 2. The second-order valence-electron chi connectivity index (χ2n) is 6.92. The summed E-state index contributed by atoms with van der Waals surface area (Å²) in [6.45, 7) is 1.89. The smallest absolute Gasteiger partial charge is 0.335 e. The number of aliphatic hydroxyl groups is 1. The number of carbonyl (C=O) groups excluding carboxylic acids is 2. The van der Waals surface area contributed by atoms with Crippen LogP contribution in [0.5, 0.6) is 0 Å². The fourth-order valence-corrected chi connectivity index (χ4v) is 4.27. The van der Waals surface area contributed by atoms with E-state index in [9.17, 15) is 24.6 Å². The lowest BCUT2D eigenvalue weighted by molar-refractivity contribution is -0.117. The highest BCUT2D eigenvalue weighted by molar-refractivity contribution is 7.12. The van der Waals surface area contributed by atoms with Gasteiger partial charge in [0.2, 0.25) is 5.78 Å². The number of Topliss-reactive ketones (excluding diaryl/α,β-unsaturated/α-hetero) is 1. The van der Waals surface area contributed by atoms with Crippen LogP contribution >= 0.6 is 11.3 Å². The van der Waals surface area contributed by atoms with Gasteiger partial charge in [-0.3, -0.25) is 14.5 Å². The molecule has 1 aliphatic heterocycles. The van der Waals surface area contributed by atoms with Crippen LogP contribution in [0.4, 0.5) is 5.69 Å². The summed E-state index contributed by atoms with van der Waals surface area (Å²) in [4.78, 5) is 39.4. The highest BCUT2D eigenvalue weighted by atomic mass is 32.1. The van der Waals surface area contributed by atoms with Gasteiger partial charge in [0.15, 0.2) is 5.76 Å².